The Morgan fingerprint density at radius 1 is 1.33 bits per heavy atom. The first kappa shape index (κ1) is 26.3. The maximum absolute atomic E-state index is 14.0. The molecule has 3 rings (SSSR count). The van der Waals surface area contributed by atoms with Gasteiger partial charge in [0, 0.05) is 35.8 Å². The van der Waals surface area contributed by atoms with Gasteiger partial charge in [0.05, 0.1) is 16.6 Å². The number of carbonyl (C=O) groups is 3. The molecule has 9 heteroatoms. The number of fused-ring (bicyclic) bond motifs is 1. The van der Waals surface area contributed by atoms with E-state index in [0.29, 0.717) is 32.4 Å². The fourth-order valence-corrected chi connectivity index (χ4v) is 9.17. The highest BCUT2D eigenvalue weighted by Gasteiger charge is 2.76. The van der Waals surface area contributed by atoms with Gasteiger partial charge in [-0.05, 0) is 39.5 Å². The van der Waals surface area contributed by atoms with E-state index in [-0.39, 0.29) is 41.1 Å². The highest BCUT2D eigenvalue weighted by atomic mass is 79.9. The predicted molar refractivity (Wildman–Crippen MR) is 133 cm³/mol. The van der Waals surface area contributed by atoms with Crippen molar-refractivity contribution in [1.29, 1.82) is 0 Å². The lowest BCUT2D eigenvalue weighted by Crippen LogP contribution is -2.56. The summed E-state index contributed by atoms with van der Waals surface area (Å²) < 4.78 is 4.73. The van der Waals surface area contributed by atoms with E-state index >= 15 is 0 Å². The second-order valence-electron chi connectivity index (χ2n) is 9.27. The van der Waals surface area contributed by atoms with Crippen LogP contribution in [0.1, 0.15) is 39.5 Å². The maximum Gasteiger partial charge on any atom is 0.311 e. The fourth-order valence-electron chi connectivity index (χ4n) is 5.58. The Kier molecular flexibility index (Phi) is 8.72. The summed E-state index contributed by atoms with van der Waals surface area (Å²) in [6.45, 7) is 12.4. The minimum atomic E-state index is -0.670. The van der Waals surface area contributed by atoms with E-state index in [4.69, 9.17) is 9.84 Å². The Labute approximate surface area is 209 Å². The number of thioether (sulfide) groups is 1. The van der Waals surface area contributed by atoms with E-state index in [9.17, 15) is 14.4 Å². The molecule has 1 spiro atoms. The third kappa shape index (κ3) is 4.65. The molecule has 2 bridgehead atoms. The van der Waals surface area contributed by atoms with Crippen LogP contribution in [-0.2, 0) is 19.1 Å². The largest absolute Gasteiger partial charge is 0.461 e. The summed E-state index contributed by atoms with van der Waals surface area (Å²) in [5.41, 5.74) is 0. The smallest absolute Gasteiger partial charge is 0.311 e. The van der Waals surface area contributed by atoms with Gasteiger partial charge in [0.15, 0.2) is 0 Å². The van der Waals surface area contributed by atoms with Crippen molar-refractivity contribution in [3.8, 4) is 0 Å². The number of halogens is 1. The van der Waals surface area contributed by atoms with Crippen molar-refractivity contribution in [1.82, 2.24) is 9.80 Å². The number of unbranched alkanes of at least 4 members (excludes halogenated alkanes) is 2. The van der Waals surface area contributed by atoms with Crippen LogP contribution in [0.2, 0.25) is 0 Å². The number of hydrogen-bond acceptors (Lipinski definition) is 6. The maximum atomic E-state index is 14.0. The first-order chi connectivity index (χ1) is 15.7. The van der Waals surface area contributed by atoms with Crippen LogP contribution in [0.25, 0.3) is 0 Å². The summed E-state index contributed by atoms with van der Waals surface area (Å²) in [6.07, 6.45) is 5.98. The molecule has 0 aromatic carbocycles. The average molecular weight is 544 g/mol. The zero-order valence-corrected chi connectivity index (χ0v) is 21.9. The number of nitrogens with zero attached hydrogens (tertiary/aromatic N) is 2. The lowest BCUT2D eigenvalue weighted by atomic mass is 9.71. The van der Waals surface area contributed by atoms with Crippen molar-refractivity contribution >= 4 is 45.5 Å². The summed E-state index contributed by atoms with van der Waals surface area (Å²) in [5.74, 6) is -1.78. The van der Waals surface area contributed by atoms with Crippen LogP contribution in [0.15, 0.2) is 25.3 Å². The zero-order chi connectivity index (χ0) is 24.3. The van der Waals surface area contributed by atoms with Crippen molar-refractivity contribution in [3.63, 3.8) is 0 Å². The molecular weight excluding hydrogens is 508 g/mol. The van der Waals surface area contributed by atoms with Crippen LogP contribution in [0.4, 0.5) is 0 Å². The zero-order valence-electron chi connectivity index (χ0n) is 19.5. The van der Waals surface area contributed by atoms with Gasteiger partial charge in [-0.15, -0.1) is 18.3 Å². The molecule has 6 atom stereocenters. The Hall–Kier alpha value is -1.32. The lowest BCUT2D eigenvalue weighted by molar-refractivity contribution is -0.153. The van der Waals surface area contributed by atoms with Crippen molar-refractivity contribution in [2.45, 2.75) is 66.4 Å². The highest BCUT2D eigenvalue weighted by Crippen LogP contribution is 2.68. The Bertz CT molecular complexity index is 793. The summed E-state index contributed by atoms with van der Waals surface area (Å²) >= 11 is 5.36. The number of aliphatic hydroxyl groups excluding tert-OH is 1. The van der Waals surface area contributed by atoms with Crippen LogP contribution >= 0.6 is 27.7 Å². The molecule has 3 unspecified atom stereocenters. The predicted octanol–water partition coefficient (Wildman–Crippen LogP) is 2.77. The quantitative estimate of drug-likeness (QED) is 0.176. The molecule has 0 aromatic rings. The van der Waals surface area contributed by atoms with Gasteiger partial charge in [0.25, 0.3) is 0 Å². The lowest BCUT2D eigenvalue weighted by Gasteiger charge is -2.39. The van der Waals surface area contributed by atoms with Crippen LogP contribution in [0, 0.1) is 11.8 Å². The molecular formula is C24H35BrN2O5S. The van der Waals surface area contributed by atoms with Gasteiger partial charge < -0.3 is 19.6 Å². The molecule has 7 nitrogen and oxygen atoms in total. The third-order valence-electron chi connectivity index (χ3n) is 6.93. The van der Waals surface area contributed by atoms with Gasteiger partial charge >= 0.3 is 5.97 Å². The molecule has 33 heavy (non-hydrogen) atoms. The molecule has 3 aliphatic heterocycles. The van der Waals surface area contributed by atoms with Crippen molar-refractivity contribution in [2.24, 2.45) is 11.8 Å². The molecule has 2 amide bonds. The first-order valence-corrected chi connectivity index (χ1v) is 13.5. The molecule has 0 aromatic heterocycles. The molecule has 3 aliphatic rings. The molecule has 1 N–H and O–H groups in total. The second kappa shape index (κ2) is 11.0. The van der Waals surface area contributed by atoms with E-state index in [2.05, 4.69) is 29.1 Å². The number of esters is 1. The first-order valence-electron chi connectivity index (χ1n) is 11.7. The number of likely N-dealkylation sites (tertiary alicyclic amines) is 1. The minimum Gasteiger partial charge on any atom is -0.461 e. The molecule has 0 radical (unpaired) electrons. The van der Waals surface area contributed by atoms with E-state index in [1.165, 1.54) is 6.08 Å². The Morgan fingerprint density at radius 3 is 2.67 bits per heavy atom. The Balaban J connectivity index is 2.00. The van der Waals surface area contributed by atoms with Gasteiger partial charge in [0.2, 0.25) is 11.8 Å². The number of ether oxygens (including phenoxy) is 1. The van der Waals surface area contributed by atoms with Crippen molar-refractivity contribution < 1.29 is 24.2 Å². The van der Waals surface area contributed by atoms with Crippen LogP contribution in [0.3, 0.4) is 0 Å². The minimum absolute atomic E-state index is 0.0179. The van der Waals surface area contributed by atoms with Crippen LogP contribution < -0.4 is 0 Å². The average Bonchev–Trinajstić information content (AvgIpc) is 3.36. The number of rotatable bonds is 12. The number of aliphatic hydroxyl groups is 1. The normalized spacial score (nSPS) is 32.2. The van der Waals surface area contributed by atoms with Crippen LogP contribution in [0.5, 0.6) is 0 Å². The molecule has 184 valence electrons. The monoisotopic (exact) mass is 542 g/mol. The topological polar surface area (TPSA) is 87.1 Å². The fraction of sp³-hybridized carbons (Fsp3) is 0.708. The van der Waals surface area contributed by atoms with E-state index in [1.807, 2.05) is 13.8 Å². The van der Waals surface area contributed by atoms with Crippen molar-refractivity contribution in [3.05, 3.63) is 25.3 Å². The number of alkyl halides is 1. The third-order valence-corrected chi connectivity index (χ3v) is 10.1. The van der Waals surface area contributed by atoms with Crippen molar-refractivity contribution in [2.75, 3.05) is 26.3 Å². The molecule has 3 heterocycles. The van der Waals surface area contributed by atoms with Gasteiger partial charge in [-0.3, -0.25) is 14.4 Å². The van der Waals surface area contributed by atoms with E-state index in [1.54, 1.807) is 27.6 Å². The summed E-state index contributed by atoms with van der Waals surface area (Å²) in [4.78, 5) is 44.4. The summed E-state index contributed by atoms with van der Waals surface area (Å²) in [5, 5.41) is 9.02. The molecule has 3 fully saturated rings. The number of hydrogen-bond donors (Lipinski definition) is 1. The van der Waals surface area contributed by atoms with Gasteiger partial charge in [-0.25, -0.2) is 0 Å². The number of carbonyl (C=O) groups excluding carboxylic acids is 3. The SMILES string of the molecule is C=CCOC(=O)[C@H]1[C@H]2C(=O)N(CCCCCO)C(C(=O)N(CC=C)C(C)C)C23CC(Br)[C@@H]1S3. The number of amides is 2. The molecule has 0 saturated carbocycles. The highest BCUT2D eigenvalue weighted by molar-refractivity contribution is 9.09. The Morgan fingerprint density at radius 2 is 2.06 bits per heavy atom. The summed E-state index contributed by atoms with van der Waals surface area (Å²) in [6, 6.07) is -0.687. The van der Waals surface area contributed by atoms with Gasteiger partial charge in [-0.2, -0.15) is 0 Å². The molecule has 3 saturated heterocycles. The van der Waals surface area contributed by atoms with Gasteiger partial charge in [-0.1, -0.05) is 34.7 Å². The molecule has 0 aliphatic carbocycles. The standard InChI is InChI=1S/C24H35BrN2O5S/c1-5-10-26(15(3)4)22(30)20-24-14-16(25)19(33-24)17(23(31)32-13-6-2)18(24)21(29)27(20)11-8-7-9-12-28/h5-6,15-20,28H,1-2,7-14H2,3-4H3/t16?,17-,18-,19-,20?,24?/m0/s1. The van der Waals surface area contributed by atoms with Crippen LogP contribution in [-0.4, -0.2) is 85.9 Å². The van der Waals surface area contributed by atoms with E-state index in [0.717, 1.165) is 6.42 Å². The van der Waals surface area contributed by atoms with E-state index < -0.39 is 28.6 Å². The second-order valence-corrected chi connectivity index (χ2v) is 12.0. The van der Waals surface area contributed by atoms with Gasteiger partial charge in [0.1, 0.15) is 12.6 Å². The summed E-state index contributed by atoms with van der Waals surface area (Å²) in [7, 11) is 0.